The lowest BCUT2D eigenvalue weighted by Crippen LogP contribution is -2.27. The molecule has 0 spiro atoms. The number of nitrogens with one attached hydrogen (secondary N) is 1. The van der Waals surface area contributed by atoms with Crippen LogP contribution in [0.1, 0.15) is 31.6 Å². The zero-order valence-corrected chi connectivity index (χ0v) is 8.53. The molecule has 1 aromatic rings. The maximum atomic E-state index is 5.71. The van der Waals surface area contributed by atoms with E-state index in [2.05, 4.69) is 5.32 Å². The van der Waals surface area contributed by atoms with Gasteiger partial charge in [0, 0.05) is 6.04 Å². The summed E-state index contributed by atoms with van der Waals surface area (Å²) in [6, 6.07) is 4.38. The van der Waals surface area contributed by atoms with Crippen molar-refractivity contribution >= 4 is 0 Å². The van der Waals surface area contributed by atoms with E-state index in [4.69, 9.17) is 9.15 Å². The second-order valence-electron chi connectivity index (χ2n) is 3.78. The van der Waals surface area contributed by atoms with Gasteiger partial charge in [-0.05, 0) is 38.4 Å². The predicted octanol–water partition coefficient (Wildman–Crippen LogP) is 2.11. The first-order valence-electron chi connectivity index (χ1n) is 5.24. The van der Waals surface area contributed by atoms with E-state index in [-0.39, 0.29) is 6.10 Å². The van der Waals surface area contributed by atoms with Crippen molar-refractivity contribution in [2.24, 2.45) is 0 Å². The van der Waals surface area contributed by atoms with Crippen LogP contribution in [0.2, 0.25) is 0 Å². The van der Waals surface area contributed by atoms with E-state index < -0.39 is 0 Å². The fraction of sp³-hybridized carbons (Fsp3) is 0.636. The Kier molecular flexibility index (Phi) is 3.22. The molecule has 0 saturated carbocycles. The fourth-order valence-electron chi connectivity index (χ4n) is 1.76. The van der Waals surface area contributed by atoms with Crippen molar-refractivity contribution in [3.05, 3.63) is 24.2 Å². The topological polar surface area (TPSA) is 34.4 Å². The molecule has 3 heteroatoms. The van der Waals surface area contributed by atoms with Crippen molar-refractivity contribution in [2.75, 3.05) is 13.2 Å². The summed E-state index contributed by atoms with van der Waals surface area (Å²) in [5, 5.41) is 3.40. The van der Waals surface area contributed by atoms with E-state index in [1.165, 1.54) is 12.8 Å². The van der Waals surface area contributed by atoms with Crippen LogP contribution in [0.15, 0.2) is 22.8 Å². The summed E-state index contributed by atoms with van der Waals surface area (Å²) in [6.45, 7) is 3.93. The van der Waals surface area contributed by atoms with Crippen LogP contribution in [0.4, 0.5) is 0 Å². The number of rotatable bonds is 4. The second-order valence-corrected chi connectivity index (χ2v) is 3.78. The Hall–Kier alpha value is -0.800. The molecule has 14 heavy (non-hydrogen) atoms. The third-order valence-corrected chi connectivity index (χ3v) is 2.65. The molecule has 0 amide bonds. The molecular formula is C11H17NO2. The normalized spacial score (nSPS) is 23.9. The minimum atomic E-state index is 0.0624. The van der Waals surface area contributed by atoms with Crippen molar-refractivity contribution in [1.29, 1.82) is 0 Å². The average Bonchev–Trinajstić information content (AvgIpc) is 2.87. The summed E-state index contributed by atoms with van der Waals surface area (Å²) in [5.74, 6) is 0.906. The van der Waals surface area contributed by atoms with Crippen LogP contribution in [0.25, 0.3) is 0 Å². The van der Waals surface area contributed by atoms with Gasteiger partial charge in [-0.3, -0.25) is 0 Å². The van der Waals surface area contributed by atoms with Gasteiger partial charge in [-0.2, -0.15) is 0 Å². The highest BCUT2D eigenvalue weighted by Gasteiger charge is 2.16. The summed E-state index contributed by atoms with van der Waals surface area (Å²) in [7, 11) is 0. The highest BCUT2D eigenvalue weighted by atomic mass is 16.5. The van der Waals surface area contributed by atoms with Crippen molar-refractivity contribution in [1.82, 2.24) is 5.32 Å². The molecule has 2 rings (SSSR count). The number of hydrogen-bond acceptors (Lipinski definition) is 3. The first-order chi connectivity index (χ1) is 6.86. The number of furan rings is 1. The zero-order chi connectivity index (χ0) is 9.80. The van der Waals surface area contributed by atoms with Crippen LogP contribution in [0, 0.1) is 0 Å². The molecule has 1 aliphatic rings. The van der Waals surface area contributed by atoms with Gasteiger partial charge in [0.1, 0.15) is 11.9 Å². The summed E-state index contributed by atoms with van der Waals surface area (Å²) in [4.78, 5) is 0. The van der Waals surface area contributed by atoms with Gasteiger partial charge in [0.25, 0.3) is 0 Å². The first-order valence-corrected chi connectivity index (χ1v) is 5.24. The fourth-order valence-corrected chi connectivity index (χ4v) is 1.76. The molecule has 2 heterocycles. The van der Waals surface area contributed by atoms with Gasteiger partial charge in [-0.15, -0.1) is 0 Å². The van der Waals surface area contributed by atoms with Crippen LogP contribution < -0.4 is 5.32 Å². The van der Waals surface area contributed by atoms with E-state index in [9.17, 15) is 0 Å². The monoisotopic (exact) mass is 195 g/mol. The molecule has 1 N–H and O–H groups in total. The van der Waals surface area contributed by atoms with Gasteiger partial charge in [0.05, 0.1) is 12.9 Å². The number of hydrogen-bond donors (Lipinski definition) is 1. The summed E-state index contributed by atoms with van der Waals surface area (Å²) in [5.41, 5.74) is 0. The number of ether oxygens (including phenoxy) is 1. The minimum Gasteiger partial charge on any atom is -0.467 e. The maximum Gasteiger partial charge on any atom is 0.132 e. The Morgan fingerprint density at radius 2 is 2.64 bits per heavy atom. The van der Waals surface area contributed by atoms with Crippen LogP contribution >= 0.6 is 0 Å². The van der Waals surface area contributed by atoms with Crippen LogP contribution in [-0.2, 0) is 4.74 Å². The van der Waals surface area contributed by atoms with Crippen LogP contribution in [-0.4, -0.2) is 19.2 Å². The Bertz CT molecular complexity index is 252. The third kappa shape index (κ3) is 2.36. The molecule has 78 valence electrons. The van der Waals surface area contributed by atoms with Gasteiger partial charge in [0.2, 0.25) is 0 Å². The van der Waals surface area contributed by atoms with Crippen molar-refractivity contribution in [3.63, 3.8) is 0 Å². The molecule has 0 aliphatic carbocycles. The molecule has 1 fully saturated rings. The van der Waals surface area contributed by atoms with E-state index >= 15 is 0 Å². The third-order valence-electron chi connectivity index (χ3n) is 2.65. The van der Waals surface area contributed by atoms with Gasteiger partial charge < -0.3 is 14.5 Å². The first kappa shape index (κ1) is 9.74. The second kappa shape index (κ2) is 4.62. The average molecular weight is 195 g/mol. The lowest BCUT2D eigenvalue weighted by atomic mass is 10.2. The van der Waals surface area contributed by atoms with Gasteiger partial charge >= 0.3 is 0 Å². The Morgan fingerprint density at radius 1 is 1.71 bits per heavy atom. The van der Waals surface area contributed by atoms with Crippen LogP contribution in [0.5, 0.6) is 0 Å². The molecule has 2 unspecified atom stereocenters. The SMILES string of the molecule is CC(OCC1CCCN1)c1ccco1. The smallest absolute Gasteiger partial charge is 0.132 e. The van der Waals surface area contributed by atoms with E-state index in [1.54, 1.807) is 6.26 Å². The quantitative estimate of drug-likeness (QED) is 0.799. The van der Waals surface area contributed by atoms with Crippen molar-refractivity contribution < 1.29 is 9.15 Å². The molecule has 3 nitrogen and oxygen atoms in total. The standard InChI is InChI=1S/C11H17NO2/c1-9(11-5-3-7-13-11)14-8-10-4-2-6-12-10/h3,5,7,9-10,12H,2,4,6,8H2,1H3. The largest absolute Gasteiger partial charge is 0.467 e. The summed E-state index contributed by atoms with van der Waals surface area (Å²) < 4.78 is 11.0. The lowest BCUT2D eigenvalue weighted by molar-refractivity contribution is 0.0388. The molecule has 0 radical (unpaired) electrons. The highest BCUT2D eigenvalue weighted by molar-refractivity contribution is 5.00. The summed E-state index contributed by atoms with van der Waals surface area (Å²) >= 11 is 0. The lowest BCUT2D eigenvalue weighted by Gasteiger charge is -2.14. The van der Waals surface area contributed by atoms with Crippen molar-refractivity contribution in [2.45, 2.75) is 31.9 Å². The van der Waals surface area contributed by atoms with E-state index in [1.807, 2.05) is 19.1 Å². The van der Waals surface area contributed by atoms with Gasteiger partial charge in [0.15, 0.2) is 0 Å². The van der Waals surface area contributed by atoms with E-state index in [0.717, 1.165) is 18.9 Å². The molecular weight excluding hydrogens is 178 g/mol. The zero-order valence-electron chi connectivity index (χ0n) is 8.53. The molecule has 1 aliphatic heterocycles. The Labute approximate surface area is 84.4 Å². The summed E-state index contributed by atoms with van der Waals surface area (Å²) in [6.07, 6.45) is 4.24. The maximum absolute atomic E-state index is 5.71. The van der Waals surface area contributed by atoms with Gasteiger partial charge in [-0.25, -0.2) is 0 Å². The van der Waals surface area contributed by atoms with E-state index in [0.29, 0.717) is 6.04 Å². The molecule has 1 aromatic heterocycles. The molecule has 0 bridgehead atoms. The molecule has 2 atom stereocenters. The van der Waals surface area contributed by atoms with Crippen LogP contribution in [0.3, 0.4) is 0 Å². The highest BCUT2D eigenvalue weighted by Crippen LogP contribution is 2.18. The molecule has 0 aromatic carbocycles. The Morgan fingerprint density at radius 3 is 3.29 bits per heavy atom. The Balaban J connectivity index is 1.74. The van der Waals surface area contributed by atoms with Gasteiger partial charge in [-0.1, -0.05) is 0 Å². The predicted molar refractivity (Wildman–Crippen MR) is 54.1 cm³/mol. The van der Waals surface area contributed by atoms with Crippen molar-refractivity contribution in [3.8, 4) is 0 Å². The molecule has 1 saturated heterocycles. The minimum absolute atomic E-state index is 0.0624.